The highest BCUT2D eigenvalue weighted by molar-refractivity contribution is 5.26. The molecule has 0 unspecified atom stereocenters. The van der Waals surface area contributed by atoms with E-state index < -0.39 is 0 Å². The van der Waals surface area contributed by atoms with Gasteiger partial charge in [-0.15, -0.1) is 0 Å². The number of hydrogen-bond acceptors (Lipinski definition) is 5. The van der Waals surface area contributed by atoms with Gasteiger partial charge in [0.25, 0.3) is 0 Å². The maximum Gasteiger partial charge on any atom is 0.225 e. The molecule has 5 heteroatoms. The van der Waals surface area contributed by atoms with Crippen molar-refractivity contribution in [3.8, 4) is 5.88 Å². The van der Waals surface area contributed by atoms with Gasteiger partial charge < -0.3 is 15.0 Å². The molecule has 1 fully saturated rings. The van der Waals surface area contributed by atoms with Crippen molar-refractivity contribution in [2.75, 3.05) is 38.6 Å². The number of hydrogen-bond donors (Lipinski definition) is 1. The first-order chi connectivity index (χ1) is 9.88. The van der Waals surface area contributed by atoms with Crippen LogP contribution < -0.4 is 10.1 Å². The normalized spacial score (nSPS) is 16.6. The number of methoxy groups -OCH3 is 1. The highest BCUT2D eigenvalue weighted by Crippen LogP contribution is 2.10. The first kappa shape index (κ1) is 15.0. The zero-order valence-corrected chi connectivity index (χ0v) is 12.5. The zero-order chi connectivity index (χ0) is 14.0. The highest BCUT2D eigenvalue weighted by atomic mass is 16.5. The van der Waals surface area contributed by atoms with Crippen LogP contribution in [-0.2, 0) is 0 Å². The lowest BCUT2D eigenvalue weighted by molar-refractivity contribution is 0.280. The summed E-state index contributed by atoms with van der Waals surface area (Å²) in [4.78, 5) is 11.0. The molecule has 112 valence electrons. The number of likely N-dealkylation sites (tertiary alicyclic amines) is 1. The van der Waals surface area contributed by atoms with Crippen molar-refractivity contribution in [2.45, 2.75) is 38.5 Å². The van der Waals surface area contributed by atoms with Crippen LogP contribution >= 0.6 is 0 Å². The van der Waals surface area contributed by atoms with E-state index in [2.05, 4.69) is 20.2 Å². The van der Waals surface area contributed by atoms with Crippen molar-refractivity contribution >= 4 is 5.95 Å². The Balaban J connectivity index is 1.58. The van der Waals surface area contributed by atoms with E-state index in [0.29, 0.717) is 11.8 Å². The van der Waals surface area contributed by atoms with Gasteiger partial charge in [-0.05, 0) is 45.3 Å². The smallest absolute Gasteiger partial charge is 0.225 e. The zero-order valence-electron chi connectivity index (χ0n) is 12.5. The Bertz CT molecular complexity index is 378. The summed E-state index contributed by atoms with van der Waals surface area (Å²) in [5.41, 5.74) is 0. The third-order valence-corrected chi connectivity index (χ3v) is 3.72. The molecule has 1 saturated heterocycles. The summed E-state index contributed by atoms with van der Waals surface area (Å²) in [5.74, 6) is 1.26. The average Bonchev–Trinajstić information content (AvgIpc) is 2.76. The second-order valence-corrected chi connectivity index (χ2v) is 5.31. The summed E-state index contributed by atoms with van der Waals surface area (Å²) < 4.78 is 5.08. The standard InChI is InChI=1S/C15H26N4O/c1-20-14-8-10-17-15(18-14)16-9-4-7-13-19-11-5-2-3-6-12-19/h8,10H,2-7,9,11-13H2,1H3,(H,16,17,18). The second kappa shape index (κ2) is 8.74. The van der Waals surface area contributed by atoms with E-state index in [1.165, 1.54) is 51.7 Å². The van der Waals surface area contributed by atoms with Crippen molar-refractivity contribution in [3.05, 3.63) is 12.3 Å². The maximum absolute atomic E-state index is 5.08. The Morgan fingerprint density at radius 1 is 1.20 bits per heavy atom. The number of ether oxygens (including phenoxy) is 1. The van der Waals surface area contributed by atoms with E-state index in [0.717, 1.165) is 13.0 Å². The molecule has 0 aromatic carbocycles. The lowest BCUT2D eigenvalue weighted by atomic mass is 10.2. The van der Waals surface area contributed by atoms with Crippen LogP contribution in [-0.4, -0.2) is 48.2 Å². The number of aromatic nitrogens is 2. The molecule has 1 aromatic heterocycles. The first-order valence-corrected chi connectivity index (χ1v) is 7.72. The molecule has 0 atom stereocenters. The fourth-order valence-electron chi connectivity index (χ4n) is 2.56. The fraction of sp³-hybridized carbons (Fsp3) is 0.733. The number of unbranched alkanes of at least 4 members (excludes halogenated alkanes) is 1. The molecule has 2 rings (SSSR count). The summed E-state index contributed by atoms with van der Waals surface area (Å²) in [6, 6.07) is 1.75. The molecular weight excluding hydrogens is 252 g/mol. The molecule has 0 aliphatic carbocycles. The molecule has 1 aliphatic rings. The molecule has 0 saturated carbocycles. The molecule has 5 nitrogen and oxygen atoms in total. The van der Waals surface area contributed by atoms with E-state index in [-0.39, 0.29) is 0 Å². The quantitative estimate of drug-likeness (QED) is 0.777. The van der Waals surface area contributed by atoms with Gasteiger partial charge in [-0.1, -0.05) is 12.8 Å². The van der Waals surface area contributed by atoms with E-state index in [1.807, 2.05) is 0 Å². The van der Waals surface area contributed by atoms with Gasteiger partial charge in [0.2, 0.25) is 11.8 Å². The third-order valence-electron chi connectivity index (χ3n) is 3.72. The Labute approximate surface area is 121 Å². The molecule has 0 radical (unpaired) electrons. The van der Waals surface area contributed by atoms with E-state index in [9.17, 15) is 0 Å². The molecule has 0 amide bonds. The van der Waals surface area contributed by atoms with Crippen LogP contribution in [0.3, 0.4) is 0 Å². The first-order valence-electron chi connectivity index (χ1n) is 7.72. The number of anilines is 1. The average molecular weight is 278 g/mol. The molecular formula is C15H26N4O. The highest BCUT2D eigenvalue weighted by Gasteiger charge is 2.07. The van der Waals surface area contributed by atoms with Gasteiger partial charge in [0.1, 0.15) is 0 Å². The Morgan fingerprint density at radius 2 is 2.00 bits per heavy atom. The van der Waals surface area contributed by atoms with Gasteiger partial charge in [-0.3, -0.25) is 0 Å². The molecule has 1 aliphatic heterocycles. The van der Waals surface area contributed by atoms with Crippen LogP contribution in [0.4, 0.5) is 5.95 Å². The second-order valence-electron chi connectivity index (χ2n) is 5.31. The maximum atomic E-state index is 5.08. The van der Waals surface area contributed by atoms with Crippen LogP contribution in [0.1, 0.15) is 38.5 Å². The van der Waals surface area contributed by atoms with Crippen LogP contribution in [0, 0.1) is 0 Å². The lowest BCUT2D eigenvalue weighted by Gasteiger charge is -2.19. The van der Waals surface area contributed by atoms with E-state index in [4.69, 9.17) is 4.74 Å². The summed E-state index contributed by atoms with van der Waals surface area (Å²) in [7, 11) is 1.62. The van der Waals surface area contributed by atoms with Crippen molar-refractivity contribution in [2.24, 2.45) is 0 Å². The molecule has 20 heavy (non-hydrogen) atoms. The number of nitrogens with zero attached hydrogens (tertiary/aromatic N) is 3. The van der Waals surface area contributed by atoms with Crippen LogP contribution in [0.15, 0.2) is 12.3 Å². The van der Waals surface area contributed by atoms with Gasteiger partial charge in [0.15, 0.2) is 0 Å². The minimum Gasteiger partial charge on any atom is -0.481 e. The number of nitrogens with one attached hydrogen (secondary N) is 1. The van der Waals surface area contributed by atoms with Crippen LogP contribution in [0.2, 0.25) is 0 Å². The van der Waals surface area contributed by atoms with E-state index >= 15 is 0 Å². The number of rotatable bonds is 7. The fourth-order valence-corrected chi connectivity index (χ4v) is 2.56. The van der Waals surface area contributed by atoms with Crippen LogP contribution in [0.5, 0.6) is 5.88 Å². The molecule has 1 aromatic rings. The SMILES string of the molecule is COc1ccnc(NCCCCN2CCCCCC2)n1. The minimum absolute atomic E-state index is 0.604. The van der Waals surface area contributed by atoms with Crippen molar-refractivity contribution in [1.29, 1.82) is 0 Å². The van der Waals surface area contributed by atoms with Gasteiger partial charge in [0.05, 0.1) is 7.11 Å². The van der Waals surface area contributed by atoms with Gasteiger partial charge >= 0.3 is 0 Å². The van der Waals surface area contributed by atoms with E-state index in [1.54, 1.807) is 19.4 Å². The van der Waals surface area contributed by atoms with Gasteiger partial charge in [0, 0.05) is 18.8 Å². The minimum atomic E-state index is 0.604. The van der Waals surface area contributed by atoms with Crippen molar-refractivity contribution < 1.29 is 4.74 Å². The molecule has 0 spiro atoms. The molecule has 0 bridgehead atoms. The predicted molar refractivity (Wildman–Crippen MR) is 81.2 cm³/mol. The summed E-state index contributed by atoms with van der Waals surface area (Å²) in [5, 5.41) is 3.25. The summed E-state index contributed by atoms with van der Waals surface area (Å²) in [6.07, 6.45) is 9.65. The monoisotopic (exact) mass is 278 g/mol. The van der Waals surface area contributed by atoms with Gasteiger partial charge in [-0.25, -0.2) is 4.98 Å². The lowest BCUT2D eigenvalue weighted by Crippen LogP contribution is -2.26. The van der Waals surface area contributed by atoms with Gasteiger partial charge in [-0.2, -0.15) is 4.98 Å². The largest absolute Gasteiger partial charge is 0.481 e. The van der Waals surface area contributed by atoms with Crippen LogP contribution in [0.25, 0.3) is 0 Å². The third kappa shape index (κ3) is 5.33. The predicted octanol–water partition coefficient (Wildman–Crippen LogP) is 2.55. The Hall–Kier alpha value is -1.36. The topological polar surface area (TPSA) is 50.3 Å². The Kier molecular flexibility index (Phi) is 6.57. The molecule has 2 heterocycles. The van der Waals surface area contributed by atoms with Crippen molar-refractivity contribution in [3.63, 3.8) is 0 Å². The summed E-state index contributed by atoms with van der Waals surface area (Å²) in [6.45, 7) is 4.71. The Morgan fingerprint density at radius 3 is 2.75 bits per heavy atom. The van der Waals surface area contributed by atoms with Crippen molar-refractivity contribution in [1.82, 2.24) is 14.9 Å². The molecule has 1 N–H and O–H groups in total. The summed E-state index contributed by atoms with van der Waals surface area (Å²) >= 11 is 0.